The number of carbonyl (C=O) groups is 1. The number of likely N-dealkylation sites (tertiary alicyclic amines) is 1. The molecule has 2 rings (SSSR count). The SMILES string of the molecule is CC(CN1CCCC1)C(=O)NCCc1ncc[nH]1. The minimum atomic E-state index is 0.0692. The van der Waals surface area contributed by atoms with E-state index in [0.717, 1.165) is 31.9 Å². The predicted octanol–water partition coefficient (Wildman–Crippen LogP) is 0.800. The first-order valence-corrected chi connectivity index (χ1v) is 6.74. The molecule has 1 saturated heterocycles. The highest BCUT2D eigenvalue weighted by Crippen LogP contribution is 2.10. The number of hydrogen-bond donors (Lipinski definition) is 2. The van der Waals surface area contributed by atoms with Gasteiger partial charge in [0.05, 0.1) is 0 Å². The van der Waals surface area contributed by atoms with Crippen molar-refractivity contribution in [1.82, 2.24) is 20.2 Å². The molecule has 0 bridgehead atoms. The van der Waals surface area contributed by atoms with Gasteiger partial charge in [-0.3, -0.25) is 4.79 Å². The lowest BCUT2D eigenvalue weighted by atomic mass is 10.1. The molecule has 1 amide bonds. The van der Waals surface area contributed by atoms with Crippen LogP contribution in [0.25, 0.3) is 0 Å². The van der Waals surface area contributed by atoms with Crippen LogP contribution in [0.4, 0.5) is 0 Å². The summed E-state index contributed by atoms with van der Waals surface area (Å²) in [7, 11) is 0. The van der Waals surface area contributed by atoms with E-state index in [1.54, 1.807) is 12.4 Å². The van der Waals surface area contributed by atoms with Crippen LogP contribution in [0.3, 0.4) is 0 Å². The summed E-state index contributed by atoms with van der Waals surface area (Å²) in [5, 5.41) is 2.97. The number of H-pyrrole nitrogens is 1. The van der Waals surface area contributed by atoms with Crippen LogP contribution in [0, 0.1) is 5.92 Å². The lowest BCUT2D eigenvalue weighted by Gasteiger charge is -2.19. The molecule has 0 aliphatic carbocycles. The molecule has 1 aliphatic heterocycles. The van der Waals surface area contributed by atoms with Crippen molar-refractivity contribution in [2.45, 2.75) is 26.2 Å². The van der Waals surface area contributed by atoms with Crippen molar-refractivity contribution in [3.63, 3.8) is 0 Å². The maximum Gasteiger partial charge on any atom is 0.224 e. The minimum absolute atomic E-state index is 0.0692. The Morgan fingerprint density at radius 1 is 1.56 bits per heavy atom. The summed E-state index contributed by atoms with van der Waals surface area (Å²) in [5.74, 6) is 1.13. The molecule has 0 radical (unpaired) electrons. The number of nitrogens with zero attached hydrogens (tertiary/aromatic N) is 2. The van der Waals surface area contributed by atoms with Crippen LogP contribution in [0.15, 0.2) is 12.4 Å². The van der Waals surface area contributed by atoms with E-state index in [1.807, 2.05) is 6.92 Å². The van der Waals surface area contributed by atoms with Crippen LogP contribution >= 0.6 is 0 Å². The van der Waals surface area contributed by atoms with Gasteiger partial charge in [-0.15, -0.1) is 0 Å². The number of aromatic nitrogens is 2. The molecule has 1 fully saturated rings. The quantitative estimate of drug-likeness (QED) is 0.785. The van der Waals surface area contributed by atoms with Gasteiger partial charge in [0, 0.05) is 37.8 Å². The Kier molecular flexibility index (Phi) is 4.75. The number of rotatable bonds is 6. The largest absolute Gasteiger partial charge is 0.355 e. The summed E-state index contributed by atoms with van der Waals surface area (Å²) < 4.78 is 0. The van der Waals surface area contributed by atoms with E-state index < -0.39 is 0 Å². The zero-order valence-corrected chi connectivity index (χ0v) is 11.0. The van der Waals surface area contributed by atoms with Crippen molar-refractivity contribution < 1.29 is 4.79 Å². The van der Waals surface area contributed by atoms with Gasteiger partial charge in [0.15, 0.2) is 0 Å². The van der Waals surface area contributed by atoms with Crippen LogP contribution in [-0.2, 0) is 11.2 Å². The summed E-state index contributed by atoms with van der Waals surface area (Å²) in [6.45, 7) is 5.82. The fraction of sp³-hybridized carbons (Fsp3) is 0.692. The second kappa shape index (κ2) is 6.54. The molecule has 2 heterocycles. The Morgan fingerprint density at radius 2 is 2.33 bits per heavy atom. The maximum atomic E-state index is 11.9. The van der Waals surface area contributed by atoms with Crippen LogP contribution < -0.4 is 5.32 Å². The lowest BCUT2D eigenvalue weighted by molar-refractivity contribution is -0.124. The zero-order valence-electron chi connectivity index (χ0n) is 11.0. The van der Waals surface area contributed by atoms with Crippen LogP contribution in [0.5, 0.6) is 0 Å². The molecule has 0 spiro atoms. The number of imidazole rings is 1. The van der Waals surface area contributed by atoms with Crippen molar-refractivity contribution in [2.75, 3.05) is 26.2 Å². The molecule has 1 atom stereocenters. The van der Waals surface area contributed by atoms with Gasteiger partial charge in [0.25, 0.3) is 0 Å². The third-order valence-corrected chi connectivity index (χ3v) is 3.39. The van der Waals surface area contributed by atoms with Gasteiger partial charge in [-0.2, -0.15) is 0 Å². The van der Waals surface area contributed by atoms with E-state index in [-0.39, 0.29) is 11.8 Å². The molecular formula is C13H22N4O. The molecule has 1 aromatic rings. The number of aromatic amines is 1. The zero-order chi connectivity index (χ0) is 12.8. The van der Waals surface area contributed by atoms with Gasteiger partial charge < -0.3 is 15.2 Å². The Bertz CT molecular complexity index is 357. The Labute approximate surface area is 108 Å². The normalized spacial score (nSPS) is 17.8. The predicted molar refractivity (Wildman–Crippen MR) is 70.1 cm³/mol. The van der Waals surface area contributed by atoms with E-state index in [1.165, 1.54) is 12.8 Å². The highest BCUT2D eigenvalue weighted by molar-refractivity contribution is 5.78. The smallest absolute Gasteiger partial charge is 0.224 e. The van der Waals surface area contributed by atoms with Gasteiger partial charge in [-0.05, 0) is 25.9 Å². The highest BCUT2D eigenvalue weighted by Gasteiger charge is 2.19. The number of carbonyl (C=O) groups excluding carboxylic acids is 1. The molecule has 1 aromatic heterocycles. The van der Waals surface area contributed by atoms with Gasteiger partial charge in [-0.25, -0.2) is 4.98 Å². The van der Waals surface area contributed by atoms with Crippen molar-refractivity contribution in [2.24, 2.45) is 5.92 Å². The fourth-order valence-electron chi connectivity index (χ4n) is 2.35. The average molecular weight is 250 g/mol. The standard InChI is InChI=1S/C13H22N4O/c1-11(10-17-8-2-3-9-17)13(18)16-5-4-12-14-6-7-15-12/h6-7,11H,2-5,8-10H2,1H3,(H,14,15)(H,16,18). The average Bonchev–Trinajstić information content (AvgIpc) is 3.01. The van der Waals surface area contributed by atoms with Crippen LogP contribution in [0.2, 0.25) is 0 Å². The van der Waals surface area contributed by atoms with Gasteiger partial charge in [-0.1, -0.05) is 6.92 Å². The Hall–Kier alpha value is -1.36. The van der Waals surface area contributed by atoms with Crippen molar-refractivity contribution in [1.29, 1.82) is 0 Å². The van der Waals surface area contributed by atoms with E-state index >= 15 is 0 Å². The summed E-state index contributed by atoms with van der Waals surface area (Å²) in [6.07, 6.45) is 6.83. The number of nitrogens with one attached hydrogen (secondary N) is 2. The fourth-order valence-corrected chi connectivity index (χ4v) is 2.35. The lowest BCUT2D eigenvalue weighted by Crippen LogP contribution is -2.37. The second-order valence-electron chi connectivity index (χ2n) is 4.99. The van der Waals surface area contributed by atoms with E-state index in [0.29, 0.717) is 6.54 Å². The van der Waals surface area contributed by atoms with Crippen LogP contribution in [0.1, 0.15) is 25.6 Å². The Balaban J connectivity index is 1.64. The minimum Gasteiger partial charge on any atom is -0.355 e. The molecule has 0 aromatic carbocycles. The highest BCUT2D eigenvalue weighted by atomic mass is 16.1. The molecule has 0 saturated carbocycles. The molecule has 100 valence electrons. The Morgan fingerprint density at radius 3 is 3.00 bits per heavy atom. The number of amides is 1. The molecule has 2 N–H and O–H groups in total. The van der Waals surface area contributed by atoms with Crippen molar-refractivity contribution >= 4 is 5.91 Å². The van der Waals surface area contributed by atoms with Gasteiger partial charge >= 0.3 is 0 Å². The van der Waals surface area contributed by atoms with Crippen LogP contribution in [-0.4, -0.2) is 47.0 Å². The monoisotopic (exact) mass is 250 g/mol. The summed E-state index contributed by atoms with van der Waals surface area (Å²) in [4.78, 5) is 21.4. The first-order valence-electron chi connectivity index (χ1n) is 6.74. The molecule has 1 unspecified atom stereocenters. The number of hydrogen-bond acceptors (Lipinski definition) is 3. The molecule has 1 aliphatic rings. The third-order valence-electron chi connectivity index (χ3n) is 3.39. The first-order chi connectivity index (χ1) is 8.75. The molecule has 5 nitrogen and oxygen atoms in total. The summed E-state index contributed by atoms with van der Waals surface area (Å²) >= 11 is 0. The second-order valence-corrected chi connectivity index (χ2v) is 4.99. The molecular weight excluding hydrogens is 228 g/mol. The van der Waals surface area contributed by atoms with E-state index in [2.05, 4.69) is 20.2 Å². The van der Waals surface area contributed by atoms with Crippen molar-refractivity contribution in [3.05, 3.63) is 18.2 Å². The van der Waals surface area contributed by atoms with Crippen molar-refractivity contribution in [3.8, 4) is 0 Å². The third kappa shape index (κ3) is 3.84. The summed E-state index contributed by atoms with van der Waals surface area (Å²) in [6, 6.07) is 0. The topological polar surface area (TPSA) is 61.0 Å². The van der Waals surface area contributed by atoms with E-state index in [4.69, 9.17) is 0 Å². The first kappa shape index (κ1) is 13.1. The van der Waals surface area contributed by atoms with Gasteiger partial charge in [0.1, 0.15) is 5.82 Å². The summed E-state index contributed by atoms with van der Waals surface area (Å²) in [5.41, 5.74) is 0. The maximum absolute atomic E-state index is 11.9. The van der Waals surface area contributed by atoms with Gasteiger partial charge in [0.2, 0.25) is 5.91 Å². The van der Waals surface area contributed by atoms with E-state index in [9.17, 15) is 4.79 Å². The molecule has 18 heavy (non-hydrogen) atoms. The molecule has 5 heteroatoms.